The maximum atomic E-state index is 15.0. The number of ether oxygens (including phenoxy) is 3. The van der Waals surface area contributed by atoms with Crippen LogP contribution in [0, 0.1) is 29.1 Å². The van der Waals surface area contributed by atoms with Gasteiger partial charge in [-0.1, -0.05) is 56.3 Å². The molecule has 2 amide bonds. The van der Waals surface area contributed by atoms with Crippen molar-refractivity contribution in [2.24, 2.45) is 29.1 Å². The van der Waals surface area contributed by atoms with Gasteiger partial charge in [-0.2, -0.15) is 0 Å². The first kappa shape index (κ1) is 42.3. The van der Waals surface area contributed by atoms with Crippen molar-refractivity contribution in [1.29, 1.82) is 0 Å². The van der Waals surface area contributed by atoms with Crippen molar-refractivity contribution in [1.82, 2.24) is 14.6 Å². The average molecular weight is 828 g/mol. The smallest absolute Gasteiger partial charge is 0.307 e. The van der Waals surface area contributed by atoms with E-state index in [9.17, 15) is 22.8 Å². The van der Waals surface area contributed by atoms with Gasteiger partial charge in [0.25, 0.3) is 0 Å². The number of allylic oxidation sites excluding steroid dienone is 2. The summed E-state index contributed by atoms with van der Waals surface area (Å²) in [6.45, 7) is 9.49. The second-order valence-electron chi connectivity index (χ2n) is 18.3. The van der Waals surface area contributed by atoms with Gasteiger partial charge in [0.15, 0.2) is 5.78 Å². The Morgan fingerprint density at radius 3 is 2.44 bits per heavy atom. The first-order chi connectivity index (χ1) is 28.0. The molecule has 12 nitrogen and oxygen atoms in total. The van der Waals surface area contributed by atoms with E-state index in [0.29, 0.717) is 43.0 Å². The van der Waals surface area contributed by atoms with Crippen LogP contribution in [0.25, 0.3) is 22.0 Å². The Morgan fingerprint density at radius 2 is 1.75 bits per heavy atom. The lowest BCUT2D eigenvalue weighted by Gasteiger charge is -2.32. The van der Waals surface area contributed by atoms with Crippen LogP contribution in [-0.4, -0.2) is 78.5 Å². The number of benzene rings is 2. The molecule has 2 aliphatic carbocycles. The number of hydrogen-bond donors (Lipinski definition) is 1. The topological polar surface area (TPSA) is 158 Å². The Balaban J connectivity index is 1.26. The lowest BCUT2D eigenvalue weighted by Crippen LogP contribution is -2.47. The number of methoxy groups -OCH3 is 1. The molecule has 3 aromatic rings. The van der Waals surface area contributed by atoms with E-state index >= 15 is 4.79 Å². The van der Waals surface area contributed by atoms with Crippen molar-refractivity contribution in [3.8, 4) is 22.9 Å². The zero-order valence-electron chi connectivity index (χ0n) is 34.9. The molecule has 3 fully saturated rings. The van der Waals surface area contributed by atoms with Crippen LogP contribution in [0.1, 0.15) is 92.4 Å². The molecule has 316 valence electrons. The van der Waals surface area contributed by atoms with Gasteiger partial charge >= 0.3 is 5.97 Å². The van der Waals surface area contributed by atoms with Gasteiger partial charge in [0, 0.05) is 23.8 Å². The van der Waals surface area contributed by atoms with Crippen LogP contribution in [0.4, 0.5) is 0 Å². The summed E-state index contributed by atoms with van der Waals surface area (Å²) in [4.78, 5) is 63.7. The third kappa shape index (κ3) is 9.66. The monoisotopic (exact) mass is 827 g/mol. The maximum absolute atomic E-state index is 15.0. The lowest BCUT2D eigenvalue weighted by molar-refractivity contribution is -0.160. The molecular formula is C46H57N3O9S. The number of esters is 1. The van der Waals surface area contributed by atoms with Crippen molar-refractivity contribution in [3.63, 3.8) is 0 Å². The van der Waals surface area contributed by atoms with Gasteiger partial charge in [0.2, 0.25) is 27.7 Å². The van der Waals surface area contributed by atoms with Gasteiger partial charge in [-0.3, -0.25) is 23.9 Å². The summed E-state index contributed by atoms with van der Waals surface area (Å²) in [5.74, 6) is -2.03. The Morgan fingerprint density at radius 1 is 1.00 bits per heavy atom. The predicted molar refractivity (Wildman–Crippen MR) is 224 cm³/mol. The Kier molecular flexibility index (Phi) is 12.0. The van der Waals surface area contributed by atoms with E-state index in [-0.39, 0.29) is 55.3 Å². The van der Waals surface area contributed by atoms with Gasteiger partial charge in [0.1, 0.15) is 17.5 Å². The second kappa shape index (κ2) is 16.7. The van der Waals surface area contributed by atoms with Gasteiger partial charge in [0.05, 0.1) is 48.4 Å². The second-order valence-corrected chi connectivity index (χ2v) is 20.2. The number of aromatic nitrogens is 1. The first-order valence-electron chi connectivity index (χ1n) is 20.9. The summed E-state index contributed by atoms with van der Waals surface area (Å²) in [7, 11) is -2.27. The molecule has 0 spiro atoms. The van der Waals surface area contributed by atoms with E-state index in [2.05, 4.69) is 11.6 Å². The van der Waals surface area contributed by atoms with Crippen molar-refractivity contribution in [2.75, 3.05) is 13.7 Å². The Hall–Kier alpha value is -4.78. The molecule has 13 heteroatoms. The predicted octanol–water partition coefficient (Wildman–Crippen LogP) is 7.19. The number of ketones is 1. The van der Waals surface area contributed by atoms with Gasteiger partial charge < -0.3 is 19.1 Å². The van der Waals surface area contributed by atoms with E-state index in [4.69, 9.17) is 19.2 Å². The molecule has 0 radical (unpaired) electrons. The maximum Gasteiger partial charge on any atom is 0.307 e. The summed E-state index contributed by atoms with van der Waals surface area (Å²) < 4.78 is 46.3. The van der Waals surface area contributed by atoms with Crippen molar-refractivity contribution >= 4 is 44.4 Å². The van der Waals surface area contributed by atoms with Crippen LogP contribution < -0.4 is 14.2 Å². The summed E-state index contributed by atoms with van der Waals surface area (Å²) in [6.07, 6.45) is 6.50. The Bertz CT molecular complexity index is 2230. The third-order valence-corrected chi connectivity index (χ3v) is 14.1. The van der Waals surface area contributed by atoms with E-state index in [0.717, 1.165) is 29.2 Å². The molecule has 2 saturated carbocycles. The molecule has 1 aromatic heterocycles. The molecule has 2 aromatic carbocycles. The number of fused-ring (bicyclic) bond motifs is 3. The van der Waals surface area contributed by atoms with Crippen LogP contribution >= 0.6 is 0 Å². The molecule has 1 saturated heterocycles. The fourth-order valence-corrected chi connectivity index (χ4v) is 10.3. The SMILES string of the molecule is COc1ccc2c(O[C@@H]3CC4C(=O)C[C@]5(C(=O)NS(=O)(=O)C6CC6)C[C@H]5/C=C\CC[C@H](C)C[C@@H](C)[C@H](CC(=O)OC(C)(C)C)C(=O)N4C3)nc(-c3ccccc3)cc2c1. The fraction of sp³-hybridized carbons (Fsp3) is 0.543. The van der Waals surface area contributed by atoms with Crippen molar-refractivity contribution in [3.05, 3.63) is 66.7 Å². The van der Waals surface area contributed by atoms with Crippen LogP contribution in [0.2, 0.25) is 0 Å². The molecule has 4 aliphatic rings. The largest absolute Gasteiger partial charge is 0.497 e. The molecule has 2 aliphatic heterocycles. The zero-order valence-corrected chi connectivity index (χ0v) is 35.8. The van der Waals surface area contributed by atoms with E-state index in [1.54, 1.807) is 27.9 Å². The number of nitrogens with one attached hydrogen (secondary N) is 1. The summed E-state index contributed by atoms with van der Waals surface area (Å²) in [5.41, 5.74) is -0.479. The van der Waals surface area contributed by atoms with Gasteiger partial charge in [-0.15, -0.1) is 0 Å². The number of Topliss-reactive ketones (excluding diaryl/α,β-unsaturated/α-hetero) is 1. The number of hydrogen-bond acceptors (Lipinski definition) is 10. The highest BCUT2D eigenvalue weighted by Crippen LogP contribution is 2.57. The van der Waals surface area contributed by atoms with Crippen LogP contribution in [0.3, 0.4) is 0 Å². The molecule has 7 rings (SSSR count). The highest BCUT2D eigenvalue weighted by molar-refractivity contribution is 7.90. The fourth-order valence-electron chi connectivity index (χ4n) is 8.88. The highest BCUT2D eigenvalue weighted by Gasteiger charge is 2.61. The minimum absolute atomic E-state index is 0.0375. The summed E-state index contributed by atoms with van der Waals surface area (Å²) >= 11 is 0. The highest BCUT2D eigenvalue weighted by atomic mass is 32.2. The van der Waals surface area contributed by atoms with Crippen LogP contribution in [0.15, 0.2) is 66.7 Å². The molecular weight excluding hydrogens is 771 g/mol. The average Bonchev–Trinajstić information content (AvgIpc) is 4.11. The van der Waals surface area contributed by atoms with E-state index < -0.39 is 56.2 Å². The molecule has 59 heavy (non-hydrogen) atoms. The van der Waals surface area contributed by atoms with Crippen LogP contribution in [-0.2, 0) is 33.9 Å². The number of carbonyl (C=O) groups excluding carboxylic acids is 4. The molecule has 3 heterocycles. The summed E-state index contributed by atoms with van der Waals surface area (Å²) in [6, 6.07) is 16.2. The number of rotatable bonds is 9. The minimum Gasteiger partial charge on any atom is -0.497 e. The van der Waals surface area contributed by atoms with Gasteiger partial charge in [-0.05, 0) is 107 Å². The third-order valence-electron chi connectivity index (χ3n) is 12.3. The van der Waals surface area contributed by atoms with Gasteiger partial charge in [-0.25, -0.2) is 13.4 Å². The number of sulfonamides is 1. The zero-order chi connectivity index (χ0) is 42.3. The lowest BCUT2D eigenvalue weighted by atomic mass is 9.82. The Labute approximate surface area is 347 Å². The standard InChI is InChI=1S/C46H57N3O9S/c1-28-12-10-11-15-32-25-46(32,44(53)48-59(54,55)35-17-18-35)26-40(50)39-23-34(27-49(39)43(52)37(29(2)20-28)24-41(51)58-45(3,4)5)57-42-36-19-16-33(56-6)21-31(36)22-38(47-42)30-13-8-7-9-14-30/h7-9,11,13-16,19,21-22,28-29,32,34-35,37,39H,10,12,17-18,20,23-27H2,1-6H3,(H,48,53)/b15-11-/t28-,29+,32+,34+,37-,39?,46+/m0/s1. The molecule has 1 unspecified atom stereocenters. The van der Waals surface area contributed by atoms with Crippen LogP contribution in [0.5, 0.6) is 11.6 Å². The number of carbonyl (C=O) groups is 4. The van der Waals surface area contributed by atoms with E-state index in [1.807, 2.05) is 73.7 Å². The quantitative estimate of drug-likeness (QED) is 0.173. The normalized spacial score (nSPS) is 28.4. The number of pyridine rings is 1. The number of nitrogens with zero attached hydrogens (tertiary/aromatic N) is 2. The van der Waals surface area contributed by atoms with Crippen molar-refractivity contribution in [2.45, 2.75) is 115 Å². The molecule has 1 N–H and O–H groups in total. The summed E-state index contributed by atoms with van der Waals surface area (Å²) in [5, 5.41) is 0.944. The van der Waals surface area contributed by atoms with E-state index in [1.165, 1.54) is 4.90 Å². The number of amides is 2. The molecule has 0 bridgehead atoms. The molecule has 7 atom stereocenters. The first-order valence-corrected chi connectivity index (χ1v) is 22.5. The van der Waals surface area contributed by atoms with Crippen molar-refractivity contribution < 1.29 is 41.8 Å². The minimum atomic E-state index is -3.87.